The van der Waals surface area contributed by atoms with Crippen molar-refractivity contribution in [3.8, 4) is 0 Å². The van der Waals surface area contributed by atoms with E-state index in [9.17, 15) is 0 Å². The van der Waals surface area contributed by atoms with Crippen LogP contribution < -0.4 is 5.32 Å². The van der Waals surface area contributed by atoms with Gasteiger partial charge >= 0.3 is 0 Å². The molecule has 0 aliphatic carbocycles. The number of hydrogen-bond acceptors (Lipinski definition) is 2. The first kappa shape index (κ1) is 9.71. The Morgan fingerprint density at radius 3 is 3.07 bits per heavy atom. The van der Waals surface area contributed by atoms with E-state index in [-0.39, 0.29) is 0 Å². The Bertz CT molecular complexity index is 297. The fourth-order valence-electron chi connectivity index (χ4n) is 2.23. The Morgan fingerprint density at radius 1 is 1.64 bits per heavy atom. The zero-order chi connectivity index (χ0) is 10.0. The highest BCUT2D eigenvalue weighted by atomic mass is 15.3. The van der Waals surface area contributed by atoms with Crippen molar-refractivity contribution in [2.75, 3.05) is 6.54 Å². The normalized spacial score (nSPS) is 27.0. The molecule has 2 heterocycles. The Morgan fingerprint density at radius 2 is 2.50 bits per heavy atom. The smallest absolute Gasteiger partial charge is 0.0522 e. The lowest BCUT2D eigenvalue weighted by atomic mass is 9.93. The highest BCUT2D eigenvalue weighted by Crippen LogP contribution is 2.22. The van der Waals surface area contributed by atoms with Gasteiger partial charge in [0.15, 0.2) is 0 Å². The lowest BCUT2D eigenvalue weighted by Crippen LogP contribution is -2.38. The number of aromatic nitrogens is 2. The van der Waals surface area contributed by atoms with Gasteiger partial charge in [0, 0.05) is 18.3 Å². The quantitative estimate of drug-likeness (QED) is 0.790. The van der Waals surface area contributed by atoms with Crippen molar-refractivity contribution in [2.45, 2.75) is 45.2 Å². The molecule has 0 spiro atoms. The van der Waals surface area contributed by atoms with E-state index < -0.39 is 0 Å². The van der Waals surface area contributed by atoms with Crippen LogP contribution >= 0.6 is 0 Å². The number of hydrogen-bond donors (Lipinski definition) is 1. The molecule has 1 N–H and O–H groups in total. The molecule has 0 aromatic carbocycles. The molecule has 0 amide bonds. The summed E-state index contributed by atoms with van der Waals surface area (Å²) in [7, 11) is 0. The summed E-state index contributed by atoms with van der Waals surface area (Å²) in [5, 5.41) is 7.87. The van der Waals surface area contributed by atoms with Crippen molar-refractivity contribution in [2.24, 2.45) is 0 Å². The lowest BCUT2D eigenvalue weighted by molar-refractivity contribution is 0.412. The Balaban J connectivity index is 2.02. The zero-order valence-electron chi connectivity index (χ0n) is 9.08. The summed E-state index contributed by atoms with van der Waals surface area (Å²) in [4.78, 5) is 0. The molecule has 0 bridgehead atoms. The summed E-state index contributed by atoms with van der Waals surface area (Å²) in [6.07, 6.45) is 7.84. The molecule has 1 aromatic heterocycles. The largest absolute Gasteiger partial charge is 0.311 e. The van der Waals surface area contributed by atoms with E-state index in [0.717, 1.165) is 13.0 Å². The SMILES string of the molecule is CCn1cc(CC2(C)CCCN2)cn1. The fraction of sp³-hybridized carbons (Fsp3) is 0.727. The van der Waals surface area contributed by atoms with E-state index in [2.05, 4.69) is 30.5 Å². The lowest BCUT2D eigenvalue weighted by Gasteiger charge is -2.23. The predicted octanol–water partition coefficient (Wildman–Crippen LogP) is 1.59. The van der Waals surface area contributed by atoms with Crippen LogP contribution in [0.1, 0.15) is 32.3 Å². The molecule has 1 saturated heterocycles. The van der Waals surface area contributed by atoms with E-state index >= 15 is 0 Å². The molecule has 1 atom stereocenters. The molecule has 1 fully saturated rings. The third-order valence-electron chi connectivity index (χ3n) is 3.06. The molecule has 3 heteroatoms. The maximum absolute atomic E-state index is 4.30. The molecular weight excluding hydrogens is 174 g/mol. The van der Waals surface area contributed by atoms with Gasteiger partial charge in [-0.2, -0.15) is 5.10 Å². The maximum Gasteiger partial charge on any atom is 0.0522 e. The van der Waals surface area contributed by atoms with Gasteiger partial charge in [0.05, 0.1) is 6.20 Å². The van der Waals surface area contributed by atoms with Gasteiger partial charge in [0.25, 0.3) is 0 Å². The van der Waals surface area contributed by atoms with E-state index in [1.165, 1.54) is 24.9 Å². The van der Waals surface area contributed by atoms with Crippen molar-refractivity contribution in [3.05, 3.63) is 18.0 Å². The van der Waals surface area contributed by atoms with Gasteiger partial charge in [-0.25, -0.2) is 0 Å². The summed E-state index contributed by atoms with van der Waals surface area (Å²) in [6, 6.07) is 0. The van der Waals surface area contributed by atoms with Crippen LogP contribution in [0.15, 0.2) is 12.4 Å². The second-order valence-corrected chi connectivity index (χ2v) is 4.47. The first-order valence-electron chi connectivity index (χ1n) is 5.48. The number of nitrogens with zero attached hydrogens (tertiary/aromatic N) is 2. The zero-order valence-corrected chi connectivity index (χ0v) is 9.08. The van der Waals surface area contributed by atoms with Crippen LogP contribution in [0, 0.1) is 0 Å². The van der Waals surface area contributed by atoms with Crippen molar-refractivity contribution >= 4 is 0 Å². The van der Waals surface area contributed by atoms with E-state index in [1.807, 2.05) is 10.9 Å². The van der Waals surface area contributed by atoms with Crippen LogP contribution in [0.2, 0.25) is 0 Å². The van der Waals surface area contributed by atoms with E-state index in [0.29, 0.717) is 5.54 Å². The highest BCUT2D eigenvalue weighted by Gasteiger charge is 2.28. The van der Waals surface area contributed by atoms with Gasteiger partial charge in [-0.05, 0) is 45.2 Å². The van der Waals surface area contributed by atoms with Crippen LogP contribution in [-0.2, 0) is 13.0 Å². The third kappa shape index (κ3) is 1.98. The summed E-state index contributed by atoms with van der Waals surface area (Å²) < 4.78 is 1.99. The second kappa shape index (κ2) is 3.73. The number of aryl methyl sites for hydroxylation is 1. The highest BCUT2D eigenvalue weighted by molar-refractivity contribution is 5.10. The van der Waals surface area contributed by atoms with Crippen LogP contribution in [0.3, 0.4) is 0 Å². The van der Waals surface area contributed by atoms with Crippen LogP contribution in [0.25, 0.3) is 0 Å². The first-order chi connectivity index (χ1) is 6.72. The van der Waals surface area contributed by atoms with Gasteiger partial charge < -0.3 is 5.32 Å². The van der Waals surface area contributed by atoms with Crippen molar-refractivity contribution < 1.29 is 0 Å². The summed E-state index contributed by atoms with van der Waals surface area (Å²) in [5.74, 6) is 0. The average Bonchev–Trinajstić information content (AvgIpc) is 2.75. The minimum absolute atomic E-state index is 0.307. The van der Waals surface area contributed by atoms with Gasteiger partial charge in [-0.15, -0.1) is 0 Å². The maximum atomic E-state index is 4.30. The van der Waals surface area contributed by atoms with Crippen molar-refractivity contribution in [1.82, 2.24) is 15.1 Å². The molecule has 1 aliphatic heterocycles. The monoisotopic (exact) mass is 193 g/mol. The Kier molecular flexibility index (Phi) is 2.59. The molecule has 1 unspecified atom stereocenters. The van der Waals surface area contributed by atoms with Crippen LogP contribution in [-0.4, -0.2) is 21.9 Å². The van der Waals surface area contributed by atoms with E-state index in [1.54, 1.807) is 0 Å². The molecule has 2 rings (SSSR count). The molecule has 0 radical (unpaired) electrons. The minimum Gasteiger partial charge on any atom is -0.311 e. The third-order valence-corrected chi connectivity index (χ3v) is 3.06. The Hall–Kier alpha value is -0.830. The van der Waals surface area contributed by atoms with Crippen LogP contribution in [0.4, 0.5) is 0 Å². The molecule has 1 aromatic rings. The van der Waals surface area contributed by atoms with Gasteiger partial charge in [0.1, 0.15) is 0 Å². The fourth-order valence-corrected chi connectivity index (χ4v) is 2.23. The van der Waals surface area contributed by atoms with Gasteiger partial charge in [0.2, 0.25) is 0 Å². The molecule has 78 valence electrons. The Labute approximate surface area is 85.5 Å². The van der Waals surface area contributed by atoms with E-state index in [4.69, 9.17) is 0 Å². The number of rotatable bonds is 3. The summed E-state index contributed by atoms with van der Waals surface area (Å²) in [5.41, 5.74) is 1.66. The predicted molar refractivity (Wildman–Crippen MR) is 57.2 cm³/mol. The molecule has 0 saturated carbocycles. The second-order valence-electron chi connectivity index (χ2n) is 4.47. The van der Waals surface area contributed by atoms with Crippen LogP contribution in [0.5, 0.6) is 0 Å². The standard InChI is InChI=1S/C11H19N3/c1-3-14-9-10(8-13-14)7-11(2)5-4-6-12-11/h8-9,12H,3-7H2,1-2H3. The first-order valence-corrected chi connectivity index (χ1v) is 5.48. The molecule has 1 aliphatic rings. The topological polar surface area (TPSA) is 29.9 Å². The summed E-state index contributed by atoms with van der Waals surface area (Å²) >= 11 is 0. The minimum atomic E-state index is 0.307. The summed E-state index contributed by atoms with van der Waals surface area (Å²) in [6.45, 7) is 6.55. The molecule has 14 heavy (non-hydrogen) atoms. The number of nitrogens with one attached hydrogen (secondary N) is 1. The molecule has 3 nitrogen and oxygen atoms in total. The van der Waals surface area contributed by atoms with Crippen molar-refractivity contribution in [3.63, 3.8) is 0 Å². The average molecular weight is 193 g/mol. The molecular formula is C11H19N3. The van der Waals surface area contributed by atoms with Crippen molar-refractivity contribution in [1.29, 1.82) is 0 Å². The van der Waals surface area contributed by atoms with Gasteiger partial charge in [-0.3, -0.25) is 4.68 Å². The van der Waals surface area contributed by atoms with Gasteiger partial charge in [-0.1, -0.05) is 0 Å².